The molecule has 1 aliphatic rings. The van der Waals surface area contributed by atoms with Gasteiger partial charge in [-0.1, -0.05) is 0 Å². The highest BCUT2D eigenvalue weighted by molar-refractivity contribution is 5.85. The molecule has 0 spiro atoms. The van der Waals surface area contributed by atoms with Crippen LogP contribution >= 0.6 is 0 Å². The molecule has 78 valence electrons. The number of methoxy groups -OCH3 is 1. The standard InChI is InChI=1S/C7H8O7/c1-13-4-2(8)3(9)7(12)14-5(4)6(10)11/h2,8-9,12H,1H3,(H,10,11)/t2-/m1/s1. The van der Waals surface area contributed by atoms with E-state index in [1.54, 1.807) is 0 Å². The number of hydrogen-bond acceptors (Lipinski definition) is 6. The Morgan fingerprint density at radius 1 is 1.50 bits per heavy atom. The smallest absolute Gasteiger partial charge is 0.375 e. The Balaban J connectivity index is 3.14. The summed E-state index contributed by atoms with van der Waals surface area (Å²) in [5.41, 5.74) is 0. The van der Waals surface area contributed by atoms with Gasteiger partial charge in [0.15, 0.2) is 11.9 Å². The Kier molecular flexibility index (Phi) is 2.52. The van der Waals surface area contributed by atoms with Gasteiger partial charge in [-0.15, -0.1) is 0 Å². The van der Waals surface area contributed by atoms with E-state index in [9.17, 15) is 9.90 Å². The Bertz CT molecular complexity index is 327. The van der Waals surface area contributed by atoms with Crippen molar-refractivity contribution in [2.75, 3.05) is 7.11 Å². The van der Waals surface area contributed by atoms with Crippen molar-refractivity contribution in [3.63, 3.8) is 0 Å². The van der Waals surface area contributed by atoms with Gasteiger partial charge in [-0.25, -0.2) is 4.79 Å². The summed E-state index contributed by atoms with van der Waals surface area (Å²) < 4.78 is 8.83. The number of ether oxygens (including phenoxy) is 2. The fraction of sp³-hybridized carbons (Fsp3) is 0.286. The second-order valence-corrected chi connectivity index (χ2v) is 2.40. The van der Waals surface area contributed by atoms with Crippen LogP contribution in [0, 0.1) is 0 Å². The number of aliphatic hydroxyl groups excluding tert-OH is 3. The van der Waals surface area contributed by atoms with Crippen LogP contribution in [0.4, 0.5) is 0 Å². The first-order valence-corrected chi connectivity index (χ1v) is 3.48. The van der Waals surface area contributed by atoms with E-state index in [0.717, 1.165) is 7.11 Å². The van der Waals surface area contributed by atoms with Crippen LogP contribution in [-0.2, 0) is 14.3 Å². The molecule has 0 radical (unpaired) electrons. The molecule has 0 aromatic rings. The lowest BCUT2D eigenvalue weighted by Gasteiger charge is -2.21. The van der Waals surface area contributed by atoms with E-state index in [1.165, 1.54) is 0 Å². The Morgan fingerprint density at radius 3 is 2.50 bits per heavy atom. The normalized spacial score (nSPS) is 22.0. The summed E-state index contributed by atoms with van der Waals surface area (Å²) in [5, 5.41) is 35.7. The van der Waals surface area contributed by atoms with E-state index >= 15 is 0 Å². The van der Waals surface area contributed by atoms with E-state index in [2.05, 4.69) is 9.47 Å². The van der Waals surface area contributed by atoms with Gasteiger partial charge in [0, 0.05) is 0 Å². The van der Waals surface area contributed by atoms with Crippen LogP contribution < -0.4 is 0 Å². The number of rotatable bonds is 2. The predicted molar refractivity (Wildman–Crippen MR) is 41.0 cm³/mol. The minimum absolute atomic E-state index is 0.479. The van der Waals surface area contributed by atoms with Gasteiger partial charge in [-0.05, 0) is 0 Å². The topological polar surface area (TPSA) is 116 Å². The van der Waals surface area contributed by atoms with Gasteiger partial charge >= 0.3 is 11.9 Å². The molecule has 14 heavy (non-hydrogen) atoms. The predicted octanol–water partition coefficient (Wildman–Crippen LogP) is -0.395. The second-order valence-electron chi connectivity index (χ2n) is 2.40. The molecule has 7 nitrogen and oxygen atoms in total. The third-order valence-corrected chi connectivity index (χ3v) is 1.56. The van der Waals surface area contributed by atoms with Crippen LogP contribution in [0.5, 0.6) is 0 Å². The fourth-order valence-corrected chi connectivity index (χ4v) is 0.918. The highest BCUT2D eigenvalue weighted by Crippen LogP contribution is 2.25. The van der Waals surface area contributed by atoms with Crippen LogP contribution in [0.1, 0.15) is 0 Å². The zero-order valence-electron chi connectivity index (χ0n) is 7.09. The van der Waals surface area contributed by atoms with Crippen molar-refractivity contribution in [2.24, 2.45) is 0 Å². The van der Waals surface area contributed by atoms with E-state index in [0.29, 0.717) is 0 Å². The average Bonchev–Trinajstić information content (AvgIpc) is 2.13. The molecular formula is C7H8O7. The number of hydrogen-bond donors (Lipinski definition) is 4. The molecule has 0 aliphatic carbocycles. The molecule has 0 unspecified atom stereocenters. The minimum atomic E-state index is -1.74. The largest absolute Gasteiger partial charge is 0.503 e. The second kappa shape index (κ2) is 3.46. The number of carboxylic acid groups (broad SMARTS) is 1. The van der Waals surface area contributed by atoms with Crippen molar-refractivity contribution in [1.29, 1.82) is 0 Å². The Labute approximate surface area is 78.1 Å². The molecule has 1 heterocycles. The number of aliphatic hydroxyl groups is 3. The molecule has 0 amide bonds. The van der Waals surface area contributed by atoms with Crippen LogP contribution in [0.15, 0.2) is 23.2 Å². The first kappa shape index (κ1) is 10.2. The number of carbonyl (C=O) groups is 1. The first-order chi connectivity index (χ1) is 6.49. The molecule has 0 bridgehead atoms. The molecule has 7 heteroatoms. The quantitative estimate of drug-likeness (QED) is 0.483. The Hall–Kier alpha value is -1.89. The molecule has 0 saturated carbocycles. The summed E-state index contributed by atoms with van der Waals surface area (Å²) in [4.78, 5) is 10.5. The van der Waals surface area contributed by atoms with Crippen molar-refractivity contribution >= 4 is 5.97 Å². The molecule has 1 atom stereocenters. The van der Waals surface area contributed by atoms with Crippen LogP contribution in [0.3, 0.4) is 0 Å². The van der Waals surface area contributed by atoms with Gasteiger partial charge in [0.1, 0.15) is 0 Å². The molecule has 0 saturated heterocycles. The van der Waals surface area contributed by atoms with Crippen molar-refractivity contribution in [3.8, 4) is 0 Å². The SMILES string of the molecule is COC1=C(C(=O)O)OC(O)=C(O)[C@H]1O. The van der Waals surface area contributed by atoms with Gasteiger partial charge in [0.25, 0.3) is 5.76 Å². The molecule has 0 aromatic carbocycles. The maximum atomic E-state index is 10.5. The molecule has 4 N–H and O–H groups in total. The zero-order chi connectivity index (χ0) is 10.9. The van der Waals surface area contributed by atoms with Gasteiger partial charge in [0.05, 0.1) is 7.11 Å². The summed E-state index contributed by atoms with van der Waals surface area (Å²) in [6.07, 6.45) is -1.74. The van der Waals surface area contributed by atoms with E-state index in [4.69, 9.17) is 15.3 Å². The summed E-state index contributed by atoms with van der Waals surface area (Å²) in [6, 6.07) is 0. The summed E-state index contributed by atoms with van der Waals surface area (Å²) in [6.45, 7) is 0. The first-order valence-electron chi connectivity index (χ1n) is 3.48. The summed E-state index contributed by atoms with van der Waals surface area (Å²) in [7, 11) is 1.10. The zero-order valence-corrected chi connectivity index (χ0v) is 7.09. The highest BCUT2D eigenvalue weighted by Gasteiger charge is 2.35. The summed E-state index contributed by atoms with van der Waals surface area (Å²) >= 11 is 0. The lowest BCUT2D eigenvalue weighted by Crippen LogP contribution is -2.27. The van der Waals surface area contributed by atoms with Gasteiger partial charge in [0.2, 0.25) is 5.76 Å². The van der Waals surface area contributed by atoms with E-state index in [1.807, 2.05) is 0 Å². The minimum Gasteiger partial charge on any atom is -0.503 e. The van der Waals surface area contributed by atoms with Gasteiger partial charge < -0.3 is 29.9 Å². The third-order valence-electron chi connectivity index (χ3n) is 1.56. The molecule has 0 fully saturated rings. The van der Waals surface area contributed by atoms with Gasteiger partial charge in [-0.3, -0.25) is 0 Å². The van der Waals surface area contributed by atoms with Crippen LogP contribution in [0.2, 0.25) is 0 Å². The van der Waals surface area contributed by atoms with Crippen LogP contribution in [-0.4, -0.2) is 39.6 Å². The highest BCUT2D eigenvalue weighted by atomic mass is 16.6. The molecule has 1 aliphatic heterocycles. The lowest BCUT2D eigenvalue weighted by atomic mass is 10.2. The van der Waals surface area contributed by atoms with Crippen molar-refractivity contribution in [3.05, 3.63) is 23.2 Å². The number of carboxylic acids is 1. The van der Waals surface area contributed by atoms with Crippen LogP contribution in [0.25, 0.3) is 0 Å². The van der Waals surface area contributed by atoms with Gasteiger partial charge in [-0.2, -0.15) is 0 Å². The average molecular weight is 204 g/mol. The summed E-state index contributed by atoms with van der Waals surface area (Å²) in [5.74, 6) is -4.73. The third kappa shape index (κ3) is 1.44. The lowest BCUT2D eigenvalue weighted by molar-refractivity contribution is -0.138. The molecule has 0 aromatic heterocycles. The van der Waals surface area contributed by atoms with Crippen molar-refractivity contribution < 1.29 is 34.7 Å². The number of aliphatic carboxylic acids is 1. The van der Waals surface area contributed by atoms with E-state index in [-0.39, 0.29) is 0 Å². The molecule has 1 rings (SSSR count). The maximum absolute atomic E-state index is 10.5. The van der Waals surface area contributed by atoms with Crippen molar-refractivity contribution in [1.82, 2.24) is 0 Å². The van der Waals surface area contributed by atoms with E-state index < -0.39 is 35.3 Å². The monoisotopic (exact) mass is 204 g/mol. The Morgan fingerprint density at radius 2 is 2.07 bits per heavy atom. The molecular weight excluding hydrogens is 196 g/mol. The maximum Gasteiger partial charge on any atom is 0.375 e. The fourth-order valence-electron chi connectivity index (χ4n) is 0.918. The van der Waals surface area contributed by atoms with Crippen molar-refractivity contribution in [2.45, 2.75) is 6.10 Å².